The lowest BCUT2D eigenvalue weighted by Gasteiger charge is -2.10. The quantitative estimate of drug-likeness (QED) is 0.635. The lowest BCUT2D eigenvalue weighted by molar-refractivity contribution is -0.0497. The summed E-state index contributed by atoms with van der Waals surface area (Å²) >= 11 is 0.640. The summed E-state index contributed by atoms with van der Waals surface area (Å²) in [5, 5.41) is 0.134. The Morgan fingerprint density at radius 2 is 2.24 bits per heavy atom. The van der Waals surface area contributed by atoms with Crippen LogP contribution in [-0.4, -0.2) is 35.7 Å². The Morgan fingerprint density at radius 1 is 1.36 bits per heavy atom. The molecule has 0 aliphatic heterocycles. The number of fused-ring (bicyclic) bond motifs is 1. The Morgan fingerprint density at radius 3 is 3.00 bits per heavy atom. The van der Waals surface area contributed by atoms with Crippen LogP contribution in [0.3, 0.4) is 0 Å². The highest BCUT2D eigenvalue weighted by atomic mass is 32.2. The fourth-order valence-corrected chi connectivity index (χ4v) is 2.71. The van der Waals surface area contributed by atoms with E-state index in [1.807, 2.05) is 0 Å². The Balaban J connectivity index is 1.91. The zero-order chi connectivity index (χ0) is 22.1. The number of nitrogens with zero attached hydrogens (tertiary/aromatic N) is 2. The number of hydrogen-bond donors (Lipinski definition) is 1. The normalized spacial score (nSPS) is 15.1. The van der Waals surface area contributed by atoms with Crippen molar-refractivity contribution >= 4 is 22.8 Å². The second-order valence-electron chi connectivity index (χ2n) is 4.60. The summed E-state index contributed by atoms with van der Waals surface area (Å²) in [4.78, 5) is 11.0. The van der Waals surface area contributed by atoms with Crippen molar-refractivity contribution in [1.82, 2.24) is 15.0 Å². The maximum Gasteiger partial charge on any atom is 0.387 e. The minimum absolute atomic E-state index is 0.0820. The SMILES string of the molecule is [2H]C([2H])([2H])Oc1ccnc(C([2H])([2H])Sc2nc3cc(OC(F)F)ccc3[nH]2)c1OC. The molecule has 25 heavy (non-hydrogen) atoms. The first kappa shape index (κ1) is 11.9. The molecule has 1 aromatic carbocycles. The van der Waals surface area contributed by atoms with E-state index in [-0.39, 0.29) is 28.1 Å². The monoisotopic (exact) mass is 372 g/mol. The van der Waals surface area contributed by atoms with Gasteiger partial charge in [-0.3, -0.25) is 4.98 Å². The van der Waals surface area contributed by atoms with Gasteiger partial charge in [-0.15, -0.1) is 0 Å². The van der Waals surface area contributed by atoms with Crippen molar-refractivity contribution in [2.24, 2.45) is 0 Å². The first-order chi connectivity index (χ1) is 14.0. The molecule has 0 saturated heterocycles. The molecular weight excluding hydrogens is 352 g/mol. The molecule has 1 N–H and O–H groups in total. The van der Waals surface area contributed by atoms with Gasteiger partial charge in [-0.2, -0.15) is 8.78 Å². The number of benzene rings is 1. The van der Waals surface area contributed by atoms with Gasteiger partial charge in [0.05, 0.1) is 35.0 Å². The van der Waals surface area contributed by atoms with Crippen LogP contribution in [0.15, 0.2) is 35.6 Å². The fraction of sp³-hybridized carbons (Fsp3) is 0.250. The van der Waals surface area contributed by atoms with E-state index in [2.05, 4.69) is 19.7 Å². The summed E-state index contributed by atoms with van der Waals surface area (Å²) < 4.78 is 77.6. The van der Waals surface area contributed by atoms with Gasteiger partial charge in [-0.25, -0.2) is 4.98 Å². The summed E-state index contributed by atoms with van der Waals surface area (Å²) in [6.07, 6.45) is 1.20. The third-order valence-electron chi connectivity index (χ3n) is 3.08. The van der Waals surface area contributed by atoms with E-state index >= 15 is 0 Å². The third kappa shape index (κ3) is 3.93. The van der Waals surface area contributed by atoms with Crippen LogP contribution in [0.4, 0.5) is 8.78 Å². The topological polar surface area (TPSA) is 69.3 Å². The number of imidazole rings is 1. The number of alkyl halides is 2. The van der Waals surface area contributed by atoms with Crippen molar-refractivity contribution in [3.63, 3.8) is 0 Å². The van der Waals surface area contributed by atoms with E-state index in [0.29, 0.717) is 22.8 Å². The number of H-pyrrole nitrogens is 1. The van der Waals surface area contributed by atoms with Crippen LogP contribution in [-0.2, 0) is 5.70 Å². The van der Waals surface area contributed by atoms with Crippen LogP contribution >= 0.6 is 11.8 Å². The third-order valence-corrected chi connectivity index (χ3v) is 3.77. The predicted molar refractivity (Wildman–Crippen MR) is 89.6 cm³/mol. The van der Waals surface area contributed by atoms with Crippen molar-refractivity contribution in [3.05, 3.63) is 36.2 Å². The molecule has 0 bridgehead atoms. The van der Waals surface area contributed by atoms with E-state index in [4.69, 9.17) is 16.3 Å². The fourth-order valence-electron chi connectivity index (χ4n) is 2.06. The number of ether oxygens (including phenoxy) is 3. The lowest BCUT2D eigenvalue weighted by Crippen LogP contribution is -2.01. The molecule has 0 atom stereocenters. The second-order valence-corrected chi connectivity index (χ2v) is 5.39. The standard InChI is InChI=1S/C16H15F2N3O3S/c1-22-13-5-6-19-12(14(13)23-2)8-25-16-20-10-4-3-9(24-15(17)18)7-11(10)21-16/h3-7,15H,8H2,1-2H3,(H,20,21)/i1D3,8D2. The molecule has 2 aromatic heterocycles. The Kier molecular flexibility index (Phi) is 3.60. The van der Waals surface area contributed by atoms with Crippen molar-refractivity contribution in [2.75, 3.05) is 14.1 Å². The summed E-state index contributed by atoms with van der Waals surface area (Å²) in [7, 11) is -1.53. The van der Waals surface area contributed by atoms with Gasteiger partial charge in [0.15, 0.2) is 16.7 Å². The van der Waals surface area contributed by atoms with E-state index in [1.54, 1.807) is 0 Å². The van der Waals surface area contributed by atoms with Crippen molar-refractivity contribution < 1.29 is 29.8 Å². The molecule has 6 nitrogen and oxygen atoms in total. The molecule has 0 unspecified atom stereocenters. The molecule has 0 aliphatic carbocycles. The molecule has 0 saturated carbocycles. The lowest BCUT2D eigenvalue weighted by atomic mass is 10.3. The molecule has 132 valence electrons. The molecule has 3 rings (SSSR count). The number of methoxy groups -OCH3 is 2. The van der Waals surface area contributed by atoms with Gasteiger partial charge in [-0.05, 0) is 12.1 Å². The molecule has 0 fully saturated rings. The van der Waals surface area contributed by atoms with Gasteiger partial charge in [0, 0.05) is 26.8 Å². The maximum atomic E-state index is 12.4. The molecule has 2 heterocycles. The zero-order valence-electron chi connectivity index (χ0n) is 17.7. The first-order valence-corrected chi connectivity index (χ1v) is 7.66. The number of hydrogen-bond acceptors (Lipinski definition) is 6. The van der Waals surface area contributed by atoms with Crippen molar-refractivity contribution in [2.45, 2.75) is 17.5 Å². The van der Waals surface area contributed by atoms with Crippen LogP contribution in [0.1, 0.15) is 12.5 Å². The van der Waals surface area contributed by atoms with E-state index in [1.165, 1.54) is 37.6 Å². The minimum Gasteiger partial charge on any atom is -0.493 e. The van der Waals surface area contributed by atoms with Gasteiger partial charge in [0.1, 0.15) is 5.75 Å². The van der Waals surface area contributed by atoms with Crippen LogP contribution in [0.5, 0.6) is 17.2 Å². The van der Waals surface area contributed by atoms with Gasteiger partial charge < -0.3 is 19.2 Å². The van der Waals surface area contributed by atoms with E-state index in [0.717, 1.165) is 0 Å². The molecular formula is C16H15F2N3O3S. The highest BCUT2D eigenvalue weighted by Gasteiger charge is 2.13. The van der Waals surface area contributed by atoms with Crippen molar-refractivity contribution in [1.29, 1.82) is 0 Å². The van der Waals surface area contributed by atoms with Gasteiger partial charge in [0.25, 0.3) is 0 Å². The molecule has 9 heteroatoms. The number of nitrogens with one attached hydrogen (secondary N) is 1. The maximum absolute atomic E-state index is 12.4. The molecule has 3 aromatic rings. The highest BCUT2D eigenvalue weighted by Crippen LogP contribution is 2.33. The zero-order valence-corrected chi connectivity index (χ0v) is 13.6. The largest absolute Gasteiger partial charge is 0.493 e. The van der Waals surface area contributed by atoms with E-state index < -0.39 is 19.4 Å². The van der Waals surface area contributed by atoms with Gasteiger partial charge >= 0.3 is 6.61 Å². The number of rotatable bonds is 7. The van der Waals surface area contributed by atoms with Crippen molar-refractivity contribution in [3.8, 4) is 17.2 Å². The van der Waals surface area contributed by atoms with Crippen LogP contribution < -0.4 is 14.2 Å². The molecule has 0 amide bonds. The number of pyridine rings is 1. The Bertz CT molecular complexity index is 1050. The number of aromatic amines is 1. The predicted octanol–water partition coefficient (Wildman–Crippen LogP) is 3.87. The molecule has 0 aliphatic rings. The van der Waals surface area contributed by atoms with Crippen LogP contribution in [0.2, 0.25) is 0 Å². The van der Waals surface area contributed by atoms with Gasteiger partial charge in [-0.1, -0.05) is 11.8 Å². The first-order valence-electron chi connectivity index (χ1n) is 9.34. The number of thioether (sulfide) groups is 1. The molecule has 0 spiro atoms. The van der Waals surface area contributed by atoms with Crippen LogP contribution in [0.25, 0.3) is 11.0 Å². The number of halogens is 2. The highest BCUT2D eigenvalue weighted by molar-refractivity contribution is 7.98. The number of aromatic nitrogens is 3. The summed E-state index contributed by atoms with van der Waals surface area (Å²) in [5.41, 5.74) is -1.64. The summed E-state index contributed by atoms with van der Waals surface area (Å²) in [6, 6.07) is 5.35. The smallest absolute Gasteiger partial charge is 0.387 e. The van der Waals surface area contributed by atoms with E-state index in [9.17, 15) is 8.78 Å². The van der Waals surface area contributed by atoms with Gasteiger partial charge in [0.2, 0.25) is 0 Å². The second kappa shape index (κ2) is 7.56. The minimum atomic E-state index is -2.98. The Labute approximate surface area is 153 Å². The summed E-state index contributed by atoms with van der Waals surface area (Å²) in [6.45, 7) is -2.98. The summed E-state index contributed by atoms with van der Waals surface area (Å²) in [5.74, 6) is -0.443. The average molecular weight is 372 g/mol. The average Bonchev–Trinajstić information content (AvgIpc) is 3.00. The van der Waals surface area contributed by atoms with Crippen LogP contribution in [0, 0.1) is 0 Å². The Hall–Kier alpha value is -2.55. The molecule has 0 radical (unpaired) electrons.